The summed E-state index contributed by atoms with van der Waals surface area (Å²) in [4.78, 5) is 32.9. The van der Waals surface area contributed by atoms with E-state index in [2.05, 4.69) is 5.32 Å². The van der Waals surface area contributed by atoms with Gasteiger partial charge in [-0.05, 0) is 92.4 Å². The molecule has 2 amide bonds. The first kappa shape index (κ1) is 26.0. The van der Waals surface area contributed by atoms with Crippen molar-refractivity contribution < 1.29 is 14.3 Å². The monoisotopic (exact) mass is 532 g/mol. The summed E-state index contributed by atoms with van der Waals surface area (Å²) in [6, 6.07) is 7.27. The normalized spacial score (nSPS) is 32.3. The first-order chi connectivity index (χ1) is 17.4. The van der Waals surface area contributed by atoms with Crippen molar-refractivity contribution in [2.24, 2.45) is 33.9 Å². The molecule has 1 aliphatic heterocycles. The van der Waals surface area contributed by atoms with Gasteiger partial charge in [-0.3, -0.25) is 14.5 Å². The Morgan fingerprint density at radius 1 is 1.14 bits per heavy atom. The molecule has 196 valence electrons. The number of nitrogens with one attached hydrogen (secondary N) is 1. The average molecular weight is 533 g/mol. The minimum atomic E-state index is -0.506. The van der Waals surface area contributed by atoms with Gasteiger partial charge in [0.25, 0.3) is 0 Å². The van der Waals surface area contributed by atoms with Gasteiger partial charge in [-0.25, -0.2) is 4.99 Å². The number of thioether (sulfide) groups is 1. The van der Waals surface area contributed by atoms with Crippen LogP contribution in [-0.2, 0) is 14.3 Å². The maximum absolute atomic E-state index is 13.4. The second-order valence-corrected chi connectivity index (χ2v) is 12.7. The number of halogens is 1. The molecule has 4 saturated carbocycles. The molecule has 0 radical (unpaired) electrons. The molecule has 4 aliphatic carbocycles. The van der Waals surface area contributed by atoms with Crippen LogP contribution in [0, 0.1) is 23.2 Å². The Morgan fingerprint density at radius 3 is 2.44 bits per heavy atom. The topological polar surface area (TPSA) is 97.0 Å². The number of benzene rings is 1. The van der Waals surface area contributed by atoms with Gasteiger partial charge in [0, 0.05) is 31.1 Å². The van der Waals surface area contributed by atoms with Gasteiger partial charge in [0.05, 0.1) is 24.2 Å². The van der Waals surface area contributed by atoms with Crippen LogP contribution in [0.1, 0.15) is 51.4 Å². The Morgan fingerprint density at radius 2 is 1.81 bits per heavy atom. The third-order valence-corrected chi connectivity index (χ3v) is 9.76. The van der Waals surface area contributed by atoms with Gasteiger partial charge in [-0.2, -0.15) is 0 Å². The number of hydrogen-bond donors (Lipinski definition) is 2. The van der Waals surface area contributed by atoms with Crippen LogP contribution in [0.25, 0.3) is 0 Å². The van der Waals surface area contributed by atoms with Gasteiger partial charge in [-0.15, -0.1) is 0 Å². The summed E-state index contributed by atoms with van der Waals surface area (Å²) in [5.74, 6) is 2.46. The average Bonchev–Trinajstić information content (AvgIpc) is 2.83. The zero-order valence-corrected chi connectivity index (χ0v) is 22.4. The summed E-state index contributed by atoms with van der Waals surface area (Å²) in [6.07, 6.45) is 9.39. The Kier molecular flexibility index (Phi) is 8.25. The third-order valence-electron chi connectivity index (χ3n) is 8.32. The lowest BCUT2D eigenvalue weighted by molar-refractivity contribution is -0.131. The number of rotatable bonds is 10. The van der Waals surface area contributed by atoms with Gasteiger partial charge >= 0.3 is 0 Å². The van der Waals surface area contributed by atoms with E-state index in [1.807, 2.05) is 17.0 Å². The molecule has 0 spiro atoms. The van der Waals surface area contributed by atoms with Crippen molar-refractivity contribution in [3.8, 4) is 0 Å². The van der Waals surface area contributed by atoms with Crippen LogP contribution in [0.4, 0.5) is 5.69 Å². The lowest BCUT2D eigenvalue weighted by Crippen LogP contribution is -2.50. The minimum absolute atomic E-state index is 0.0225. The van der Waals surface area contributed by atoms with Crippen molar-refractivity contribution in [3.63, 3.8) is 0 Å². The van der Waals surface area contributed by atoms with Crippen molar-refractivity contribution >= 4 is 46.0 Å². The Balaban J connectivity index is 1.28. The SMILES string of the molecule is NCCOCCNC(=O)C1CC(=O)N(CCC23CC4CC(CC(C4)C2)C3)/C(=N/c2ccc(Cl)cc2)S1. The highest BCUT2D eigenvalue weighted by atomic mass is 35.5. The Bertz CT molecular complexity index is 950. The largest absolute Gasteiger partial charge is 0.378 e. The summed E-state index contributed by atoms with van der Waals surface area (Å²) in [5.41, 5.74) is 6.54. The molecule has 6 rings (SSSR count). The fraction of sp³-hybridized carbons (Fsp3) is 0.667. The van der Waals surface area contributed by atoms with Crippen LogP contribution in [-0.4, -0.2) is 60.0 Å². The number of amidine groups is 1. The van der Waals surface area contributed by atoms with Crippen LogP contribution in [0.2, 0.25) is 5.02 Å². The molecule has 0 aromatic heterocycles. The minimum Gasteiger partial charge on any atom is -0.378 e. The molecule has 3 N–H and O–H groups in total. The van der Waals surface area contributed by atoms with Gasteiger partial charge in [-0.1, -0.05) is 23.4 Å². The first-order valence-electron chi connectivity index (χ1n) is 13.3. The van der Waals surface area contributed by atoms with Crippen molar-refractivity contribution in [1.29, 1.82) is 0 Å². The molecule has 1 aromatic rings. The number of amides is 2. The van der Waals surface area contributed by atoms with Crippen molar-refractivity contribution in [3.05, 3.63) is 29.3 Å². The van der Waals surface area contributed by atoms with Crippen molar-refractivity contribution in [1.82, 2.24) is 10.2 Å². The van der Waals surface area contributed by atoms with Crippen molar-refractivity contribution in [2.75, 3.05) is 32.8 Å². The second-order valence-electron chi connectivity index (χ2n) is 11.1. The number of ether oxygens (including phenoxy) is 1. The molecule has 1 unspecified atom stereocenters. The summed E-state index contributed by atoms with van der Waals surface area (Å²) in [6.45, 7) is 2.38. The lowest BCUT2D eigenvalue weighted by Gasteiger charge is -2.57. The van der Waals surface area contributed by atoms with E-state index in [0.29, 0.717) is 48.5 Å². The maximum Gasteiger partial charge on any atom is 0.234 e. The highest BCUT2D eigenvalue weighted by molar-refractivity contribution is 8.15. The van der Waals surface area contributed by atoms with Crippen molar-refractivity contribution in [2.45, 2.75) is 56.6 Å². The highest BCUT2D eigenvalue weighted by Crippen LogP contribution is 2.61. The third kappa shape index (κ3) is 6.09. The number of aliphatic imine (C=N–C) groups is 1. The van der Waals surface area contributed by atoms with Crippen LogP contribution in [0.5, 0.6) is 0 Å². The fourth-order valence-corrected chi connectivity index (χ4v) is 8.45. The maximum atomic E-state index is 13.4. The molecule has 5 fully saturated rings. The summed E-state index contributed by atoms with van der Waals surface area (Å²) in [5, 5.41) is 3.63. The van der Waals surface area contributed by atoms with Gasteiger partial charge in [0.2, 0.25) is 11.8 Å². The molecular weight excluding hydrogens is 496 g/mol. The second kappa shape index (κ2) is 11.4. The van der Waals surface area contributed by atoms with Crippen LogP contribution < -0.4 is 11.1 Å². The number of carbonyl (C=O) groups excluding carboxylic acids is 2. The zero-order valence-electron chi connectivity index (χ0n) is 20.8. The Labute approximate surface area is 222 Å². The molecule has 9 heteroatoms. The molecule has 7 nitrogen and oxygen atoms in total. The van der Waals surface area contributed by atoms with E-state index in [-0.39, 0.29) is 18.2 Å². The Hall–Kier alpha value is -1.61. The first-order valence-corrected chi connectivity index (χ1v) is 14.6. The molecule has 1 saturated heterocycles. The van der Waals surface area contributed by atoms with E-state index in [1.54, 1.807) is 12.1 Å². The summed E-state index contributed by atoms with van der Waals surface area (Å²) >= 11 is 7.45. The predicted molar refractivity (Wildman–Crippen MR) is 144 cm³/mol. The molecule has 4 bridgehead atoms. The van der Waals surface area contributed by atoms with E-state index in [9.17, 15) is 9.59 Å². The number of carbonyl (C=O) groups is 2. The van der Waals surface area contributed by atoms with Crippen LogP contribution in [0.15, 0.2) is 29.3 Å². The van der Waals surface area contributed by atoms with E-state index >= 15 is 0 Å². The quantitative estimate of drug-likeness (QED) is 0.436. The standard InChI is InChI=1S/C27H37ClN4O3S/c28-21-1-3-22(4-2-21)31-26-32(8-5-27-15-18-11-19(16-27)13-20(12-18)17-27)24(33)14-23(36-26)25(34)30-7-10-35-9-6-29/h1-4,18-20,23H,5-17,29H2,(H,30,34)/b31-26-. The summed E-state index contributed by atoms with van der Waals surface area (Å²) < 4.78 is 5.34. The fourth-order valence-electron chi connectivity index (χ4n) is 7.18. The lowest BCUT2D eigenvalue weighted by atomic mass is 9.49. The number of hydrogen-bond acceptors (Lipinski definition) is 6. The molecule has 1 atom stereocenters. The molecule has 5 aliphatic rings. The van der Waals surface area contributed by atoms with E-state index in [1.165, 1.54) is 50.3 Å². The predicted octanol–water partition coefficient (Wildman–Crippen LogP) is 4.36. The highest BCUT2D eigenvalue weighted by Gasteiger charge is 2.51. The van der Waals surface area contributed by atoms with Gasteiger partial charge in [0.1, 0.15) is 0 Å². The number of nitrogens with two attached hydrogens (primary N) is 1. The van der Waals surface area contributed by atoms with E-state index < -0.39 is 5.25 Å². The van der Waals surface area contributed by atoms with Gasteiger partial charge < -0.3 is 15.8 Å². The molecule has 1 aromatic carbocycles. The molecular formula is C27H37ClN4O3S. The molecule has 1 heterocycles. The zero-order chi connectivity index (χ0) is 25.1. The number of nitrogens with zero attached hydrogens (tertiary/aromatic N) is 2. The van der Waals surface area contributed by atoms with Gasteiger partial charge in [0.15, 0.2) is 5.17 Å². The smallest absolute Gasteiger partial charge is 0.234 e. The molecule has 36 heavy (non-hydrogen) atoms. The van der Waals surface area contributed by atoms with Crippen LogP contribution >= 0.6 is 23.4 Å². The van der Waals surface area contributed by atoms with Crippen LogP contribution in [0.3, 0.4) is 0 Å². The van der Waals surface area contributed by atoms with E-state index in [0.717, 1.165) is 29.9 Å². The van der Waals surface area contributed by atoms with E-state index in [4.69, 9.17) is 27.1 Å². The summed E-state index contributed by atoms with van der Waals surface area (Å²) in [7, 11) is 0.